The molecule has 0 N–H and O–H groups in total. The number of aromatic nitrogens is 1. The Morgan fingerprint density at radius 2 is 1.68 bits per heavy atom. The third-order valence-electron chi connectivity index (χ3n) is 4.44. The van der Waals surface area contributed by atoms with E-state index in [0.717, 1.165) is 17.0 Å². The van der Waals surface area contributed by atoms with Gasteiger partial charge in [0.25, 0.3) is 0 Å². The van der Waals surface area contributed by atoms with Gasteiger partial charge >= 0.3 is 0 Å². The standard InChI is InChI=1S/C22H20N2S/c1-3-24-21(18-13-11-16(2)12-14-18)15-25-22(24)23-20-10-6-8-17-7-4-5-9-19(17)20/h4-15H,3H2,1-2H3. The van der Waals surface area contributed by atoms with Gasteiger partial charge in [-0.2, -0.15) is 0 Å². The molecule has 4 aromatic rings. The maximum Gasteiger partial charge on any atom is 0.190 e. The van der Waals surface area contributed by atoms with Gasteiger partial charge in [-0.05, 0) is 30.9 Å². The van der Waals surface area contributed by atoms with E-state index in [-0.39, 0.29) is 0 Å². The number of fused-ring (bicyclic) bond motifs is 1. The Labute approximate surface area is 151 Å². The molecule has 1 aromatic heterocycles. The lowest BCUT2D eigenvalue weighted by Crippen LogP contribution is -2.14. The first-order valence-corrected chi connectivity index (χ1v) is 9.42. The summed E-state index contributed by atoms with van der Waals surface area (Å²) in [5, 5.41) is 4.62. The molecule has 0 atom stereocenters. The van der Waals surface area contributed by atoms with Gasteiger partial charge in [-0.3, -0.25) is 0 Å². The van der Waals surface area contributed by atoms with E-state index >= 15 is 0 Å². The molecule has 0 aliphatic carbocycles. The Kier molecular flexibility index (Phi) is 4.24. The van der Waals surface area contributed by atoms with E-state index in [0.29, 0.717) is 0 Å². The summed E-state index contributed by atoms with van der Waals surface area (Å²) < 4.78 is 2.29. The third-order valence-corrected chi connectivity index (χ3v) is 5.31. The molecule has 0 saturated carbocycles. The van der Waals surface area contributed by atoms with Crippen molar-refractivity contribution in [2.24, 2.45) is 4.99 Å². The molecule has 0 aliphatic rings. The summed E-state index contributed by atoms with van der Waals surface area (Å²) in [6.07, 6.45) is 0. The lowest BCUT2D eigenvalue weighted by Gasteiger charge is -2.07. The first kappa shape index (κ1) is 15.9. The van der Waals surface area contributed by atoms with Crippen LogP contribution in [-0.2, 0) is 6.54 Å². The molecule has 0 aliphatic heterocycles. The molecule has 0 amide bonds. The lowest BCUT2D eigenvalue weighted by molar-refractivity contribution is 0.745. The first-order chi connectivity index (χ1) is 12.3. The number of benzene rings is 3. The van der Waals surface area contributed by atoms with Crippen LogP contribution in [0.2, 0.25) is 0 Å². The largest absolute Gasteiger partial charge is 0.317 e. The zero-order chi connectivity index (χ0) is 17.2. The molecular formula is C22H20N2S. The summed E-state index contributed by atoms with van der Waals surface area (Å²) in [6, 6.07) is 23.4. The van der Waals surface area contributed by atoms with E-state index in [4.69, 9.17) is 4.99 Å². The van der Waals surface area contributed by atoms with Gasteiger partial charge < -0.3 is 4.57 Å². The van der Waals surface area contributed by atoms with Crippen LogP contribution in [0.3, 0.4) is 0 Å². The van der Waals surface area contributed by atoms with Crippen LogP contribution < -0.4 is 4.80 Å². The van der Waals surface area contributed by atoms with Gasteiger partial charge in [-0.25, -0.2) is 4.99 Å². The minimum atomic E-state index is 0.899. The average Bonchev–Trinajstić information content (AvgIpc) is 3.05. The van der Waals surface area contributed by atoms with Crippen LogP contribution >= 0.6 is 11.3 Å². The zero-order valence-electron chi connectivity index (χ0n) is 14.4. The maximum absolute atomic E-state index is 4.99. The molecule has 3 aromatic carbocycles. The summed E-state index contributed by atoms with van der Waals surface area (Å²) in [4.78, 5) is 6.02. The first-order valence-electron chi connectivity index (χ1n) is 8.54. The molecule has 4 rings (SSSR count). The molecule has 1 heterocycles. The van der Waals surface area contributed by atoms with Crippen LogP contribution in [0.25, 0.3) is 22.0 Å². The normalized spacial score (nSPS) is 12.0. The summed E-state index contributed by atoms with van der Waals surface area (Å²) in [5.41, 5.74) is 4.77. The maximum atomic E-state index is 4.99. The van der Waals surface area contributed by atoms with Crippen molar-refractivity contribution in [1.82, 2.24) is 4.57 Å². The second-order valence-corrected chi connectivity index (χ2v) is 6.96. The Morgan fingerprint density at radius 3 is 2.48 bits per heavy atom. The fourth-order valence-corrected chi connectivity index (χ4v) is 4.07. The average molecular weight is 344 g/mol. The van der Waals surface area contributed by atoms with Crippen LogP contribution in [0, 0.1) is 6.92 Å². The Bertz CT molecular complexity index is 1080. The van der Waals surface area contributed by atoms with Gasteiger partial charge in [-0.1, -0.05) is 66.2 Å². The van der Waals surface area contributed by atoms with Gasteiger partial charge in [-0.15, -0.1) is 11.3 Å². The molecule has 0 bridgehead atoms. The van der Waals surface area contributed by atoms with Crippen molar-refractivity contribution in [3.8, 4) is 11.3 Å². The van der Waals surface area contributed by atoms with E-state index in [9.17, 15) is 0 Å². The summed E-state index contributed by atoms with van der Waals surface area (Å²) in [5.74, 6) is 0. The SMILES string of the molecule is CCn1c(-c2ccc(C)cc2)csc1=Nc1cccc2ccccc12. The van der Waals surface area contributed by atoms with E-state index in [1.807, 2.05) is 0 Å². The van der Waals surface area contributed by atoms with Gasteiger partial charge in [0.15, 0.2) is 4.80 Å². The smallest absolute Gasteiger partial charge is 0.190 e. The highest BCUT2D eigenvalue weighted by molar-refractivity contribution is 7.07. The van der Waals surface area contributed by atoms with Crippen molar-refractivity contribution >= 4 is 27.8 Å². The Balaban J connectivity index is 1.88. The second-order valence-electron chi connectivity index (χ2n) is 6.12. The number of nitrogens with zero attached hydrogens (tertiary/aromatic N) is 2. The summed E-state index contributed by atoms with van der Waals surface area (Å²) in [6.45, 7) is 5.19. The molecule has 0 fully saturated rings. The molecule has 0 saturated heterocycles. The van der Waals surface area contributed by atoms with Gasteiger partial charge in [0, 0.05) is 17.3 Å². The molecule has 124 valence electrons. The van der Waals surface area contributed by atoms with Crippen LogP contribution in [-0.4, -0.2) is 4.57 Å². The highest BCUT2D eigenvalue weighted by atomic mass is 32.1. The molecular weight excluding hydrogens is 324 g/mol. The third kappa shape index (κ3) is 3.03. The van der Waals surface area contributed by atoms with Crippen LogP contribution in [0.4, 0.5) is 5.69 Å². The van der Waals surface area contributed by atoms with Crippen molar-refractivity contribution in [1.29, 1.82) is 0 Å². The molecule has 0 radical (unpaired) electrons. The van der Waals surface area contributed by atoms with Gasteiger partial charge in [0.1, 0.15) is 0 Å². The zero-order valence-corrected chi connectivity index (χ0v) is 15.3. The van der Waals surface area contributed by atoms with E-state index in [1.54, 1.807) is 11.3 Å². The quantitative estimate of drug-likeness (QED) is 0.438. The minimum Gasteiger partial charge on any atom is -0.317 e. The van der Waals surface area contributed by atoms with Crippen LogP contribution in [0.1, 0.15) is 12.5 Å². The molecule has 0 spiro atoms. The molecule has 0 unspecified atom stereocenters. The predicted molar refractivity (Wildman–Crippen MR) is 107 cm³/mol. The fourth-order valence-electron chi connectivity index (χ4n) is 3.09. The predicted octanol–water partition coefficient (Wildman–Crippen LogP) is 5.93. The van der Waals surface area contributed by atoms with Crippen molar-refractivity contribution in [2.45, 2.75) is 20.4 Å². The fraction of sp³-hybridized carbons (Fsp3) is 0.136. The second kappa shape index (κ2) is 6.69. The van der Waals surface area contributed by atoms with E-state index in [2.05, 4.69) is 90.5 Å². The van der Waals surface area contributed by atoms with Crippen molar-refractivity contribution in [3.05, 3.63) is 82.5 Å². The van der Waals surface area contributed by atoms with Gasteiger partial charge in [0.05, 0.1) is 11.4 Å². The minimum absolute atomic E-state index is 0.899. The number of hydrogen-bond acceptors (Lipinski definition) is 2. The topological polar surface area (TPSA) is 17.3 Å². The van der Waals surface area contributed by atoms with Crippen molar-refractivity contribution in [3.63, 3.8) is 0 Å². The molecule has 2 nitrogen and oxygen atoms in total. The highest BCUT2D eigenvalue weighted by Gasteiger charge is 2.07. The van der Waals surface area contributed by atoms with E-state index in [1.165, 1.54) is 27.6 Å². The number of aryl methyl sites for hydroxylation is 1. The Hall–Kier alpha value is -2.65. The summed E-state index contributed by atoms with van der Waals surface area (Å²) in [7, 11) is 0. The highest BCUT2D eigenvalue weighted by Crippen LogP contribution is 2.26. The number of hydrogen-bond donors (Lipinski definition) is 0. The van der Waals surface area contributed by atoms with Crippen LogP contribution in [0.5, 0.6) is 0 Å². The van der Waals surface area contributed by atoms with Crippen LogP contribution in [0.15, 0.2) is 77.1 Å². The van der Waals surface area contributed by atoms with Crippen molar-refractivity contribution < 1.29 is 0 Å². The monoisotopic (exact) mass is 344 g/mol. The Morgan fingerprint density at radius 1 is 0.920 bits per heavy atom. The van der Waals surface area contributed by atoms with E-state index < -0.39 is 0 Å². The lowest BCUT2D eigenvalue weighted by atomic mass is 10.1. The van der Waals surface area contributed by atoms with Gasteiger partial charge in [0.2, 0.25) is 0 Å². The number of rotatable bonds is 3. The van der Waals surface area contributed by atoms with Crippen molar-refractivity contribution in [2.75, 3.05) is 0 Å². The summed E-state index contributed by atoms with van der Waals surface area (Å²) >= 11 is 1.70. The molecule has 3 heteroatoms. The molecule has 25 heavy (non-hydrogen) atoms. The number of thiazole rings is 1.